The molecule has 0 aliphatic carbocycles. The summed E-state index contributed by atoms with van der Waals surface area (Å²) in [5, 5.41) is 17.8. The number of carbonyl (C=O) groups is 2. The summed E-state index contributed by atoms with van der Waals surface area (Å²) >= 11 is 0. The Balaban J connectivity index is 4.87. The van der Waals surface area contributed by atoms with E-state index in [0.29, 0.717) is 6.42 Å². The standard InChI is InChI=1S/C12H22O4/c1-4-5-6-12(9(2)3,7-10(13)14)8-11(15)16/h9H,4-8H2,1-3H3,(H,13,14)(H,15,16). The van der Waals surface area contributed by atoms with Crippen LogP contribution in [0.4, 0.5) is 0 Å². The zero-order chi connectivity index (χ0) is 12.8. The lowest BCUT2D eigenvalue weighted by atomic mass is 9.69. The van der Waals surface area contributed by atoms with Gasteiger partial charge < -0.3 is 10.2 Å². The molecule has 0 saturated carbocycles. The molecule has 0 aliphatic rings. The lowest BCUT2D eigenvalue weighted by Gasteiger charge is -2.35. The van der Waals surface area contributed by atoms with Crippen molar-refractivity contribution in [2.45, 2.75) is 52.9 Å². The maximum Gasteiger partial charge on any atom is 0.303 e. The molecule has 4 heteroatoms. The smallest absolute Gasteiger partial charge is 0.303 e. The molecule has 94 valence electrons. The molecule has 0 aliphatic heterocycles. The second kappa shape index (κ2) is 6.51. The fraction of sp³-hybridized carbons (Fsp3) is 0.833. The zero-order valence-electron chi connectivity index (χ0n) is 10.3. The second-order valence-electron chi connectivity index (χ2n) is 4.76. The number of hydrogen-bond acceptors (Lipinski definition) is 2. The van der Waals surface area contributed by atoms with Crippen LogP contribution in [0, 0.1) is 11.3 Å². The molecule has 0 rings (SSSR count). The van der Waals surface area contributed by atoms with E-state index in [-0.39, 0.29) is 18.8 Å². The van der Waals surface area contributed by atoms with E-state index in [1.807, 2.05) is 20.8 Å². The molecule has 0 unspecified atom stereocenters. The van der Waals surface area contributed by atoms with Crippen LogP contribution in [0.2, 0.25) is 0 Å². The summed E-state index contributed by atoms with van der Waals surface area (Å²) in [6, 6.07) is 0. The molecule has 0 heterocycles. The Kier molecular flexibility index (Phi) is 6.08. The summed E-state index contributed by atoms with van der Waals surface area (Å²) in [7, 11) is 0. The molecule has 0 spiro atoms. The molecule has 0 fully saturated rings. The Labute approximate surface area is 96.7 Å². The van der Waals surface area contributed by atoms with Crippen LogP contribution < -0.4 is 0 Å². The van der Waals surface area contributed by atoms with Crippen molar-refractivity contribution in [1.82, 2.24) is 0 Å². The molecule has 16 heavy (non-hydrogen) atoms. The van der Waals surface area contributed by atoms with Crippen molar-refractivity contribution >= 4 is 11.9 Å². The van der Waals surface area contributed by atoms with E-state index in [9.17, 15) is 9.59 Å². The van der Waals surface area contributed by atoms with Gasteiger partial charge in [-0.2, -0.15) is 0 Å². The Morgan fingerprint density at radius 3 is 1.81 bits per heavy atom. The first-order chi connectivity index (χ1) is 7.34. The number of carboxylic acid groups (broad SMARTS) is 2. The van der Waals surface area contributed by atoms with Gasteiger partial charge in [-0.15, -0.1) is 0 Å². The number of aliphatic carboxylic acids is 2. The molecule has 2 N–H and O–H groups in total. The van der Waals surface area contributed by atoms with Gasteiger partial charge in [0.1, 0.15) is 0 Å². The van der Waals surface area contributed by atoms with Crippen LogP contribution in [0.15, 0.2) is 0 Å². The van der Waals surface area contributed by atoms with Gasteiger partial charge in [0, 0.05) is 0 Å². The van der Waals surface area contributed by atoms with Crippen molar-refractivity contribution in [2.75, 3.05) is 0 Å². The van der Waals surface area contributed by atoms with E-state index < -0.39 is 17.4 Å². The van der Waals surface area contributed by atoms with Gasteiger partial charge in [-0.1, -0.05) is 33.6 Å². The second-order valence-corrected chi connectivity index (χ2v) is 4.76. The van der Waals surface area contributed by atoms with Crippen LogP contribution in [-0.4, -0.2) is 22.2 Å². The topological polar surface area (TPSA) is 74.6 Å². The van der Waals surface area contributed by atoms with Crippen molar-refractivity contribution in [2.24, 2.45) is 11.3 Å². The van der Waals surface area contributed by atoms with Gasteiger partial charge in [-0.05, 0) is 17.8 Å². The maximum atomic E-state index is 10.9. The van der Waals surface area contributed by atoms with E-state index >= 15 is 0 Å². The SMILES string of the molecule is CCCCC(CC(=O)O)(CC(=O)O)C(C)C. The van der Waals surface area contributed by atoms with Crippen molar-refractivity contribution in [3.05, 3.63) is 0 Å². The summed E-state index contributed by atoms with van der Waals surface area (Å²) in [5.74, 6) is -1.76. The zero-order valence-corrected chi connectivity index (χ0v) is 10.3. The fourth-order valence-corrected chi connectivity index (χ4v) is 2.07. The molecule has 4 nitrogen and oxygen atoms in total. The highest BCUT2D eigenvalue weighted by molar-refractivity contribution is 5.72. The highest BCUT2D eigenvalue weighted by atomic mass is 16.4. The van der Waals surface area contributed by atoms with Crippen LogP contribution in [-0.2, 0) is 9.59 Å². The molecule has 0 radical (unpaired) electrons. The van der Waals surface area contributed by atoms with E-state index in [2.05, 4.69) is 0 Å². The molecule has 0 bridgehead atoms. The minimum atomic E-state index is -0.911. The minimum Gasteiger partial charge on any atom is -0.481 e. The van der Waals surface area contributed by atoms with Crippen LogP contribution in [0.5, 0.6) is 0 Å². The number of carboxylic acids is 2. The van der Waals surface area contributed by atoms with Gasteiger partial charge in [-0.3, -0.25) is 9.59 Å². The predicted octanol–water partition coefficient (Wildman–Crippen LogP) is 2.77. The van der Waals surface area contributed by atoms with Gasteiger partial charge in [0.25, 0.3) is 0 Å². The van der Waals surface area contributed by atoms with Gasteiger partial charge in [0.2, 0.25) is 0 Å². The Morgan fingerprint density at radius 1 is 1.12 bits per heavy atom. The number of hydrogen-bond donors (Lipinski definition) is 2. The van der Waals surface area contributed by atoms with Crippen molar-refractivity contribution < 1.29 is 19.8 Å². The highest BCUT2D eigenvalue weighted by Gasteiger charge is 2.37. The highest BCUT2D eigenvalue weighted by Crippen LogP contribution is 2.40. The Bertz CT molecular complexity index is 229. The quantitative estimate of drug-likeness (QED) is 0.672. The van der Waals surface area contributed by atoms with Gasteiger partial charge in [0.05, 0.1) is 12.8 Å². The normalized spacial score (nSPS) is 11.8. The first-order valence-electron chi connectivity index (χ1n) is 5.77. The third kappa shape index (κ3) is 4.64. The number of rotatable bonds is 8. The molecule has 0 aromatic carbocycles. The maximum absolute atomic E-state index is 10.9. The van der Waals surface area contributed by atoms with Crippen molar-refractivity contribution in [3.63, 3.8) is 0 Å². The predicted molar refractivity (Wildman–Crippen MR) is 61.3 cm³/mol. The van der Waals surface area contributed by atoms with Gasteiger partial charge in [-0.25, -0.2) is 0 Å². The minimum absolute atomic E-state index is 0.0586. The molecule has 0 saturated heterocycles. The lowest BCUT2D eigenvalue weighted by molar-refractivity contribution is -0.145. The van der Waals surface area contributed by atoms with Crippen LogP contribution in [0.3, 0.4) is 0 Å². The first-order valence-corrected chi connectivity index (χ1v) is 5.77. The summed E-state index contributed by atoms with van der Waals surface area (Å²) in [4.78, 5) is 21.7. The molecule has 0 aromatic heterocycles. The average Bonchev–Trinajstić information content (AvgIpc) is 2.11. The third-order valence-corrected chi connectivity index (χ3v) is 3.26. The van der Waals surface area contributed by atoms with E-state index in [0.717, 1.165) is 12.8 Å². The van der Waals surface area contributed by atoms with Crippen LogP contribution in [0.1, 0.15) is 52.9 Å². The molecular formula is C12H22O4. The van der Waals surface area contributed by atoms with E-state index in [1.165, 1.54) is 0 Å². The summed E-state index contributed by atoms with van der Waals surface area (Å²) < 4.78 is 0. The summed E-state index contributed by atoms with van der Waals surface area (Å²) in [6.45, 7) is 5.83. The van der Waals surface area contributed by atoms with Crippen molar-refractivity contribution in [3.8, 4) is 0 Å². The van der Waals surface area contributed by atoms with Crippen LogP contribution >= 0.6 is 0 Å². The molecule has 0 atom stereocenters. The molecule has 0 aromatic rings. The van der Waals surface area contributed by atoms with Gasteiger partial charge in [0.15, 0.2) is 0 Å². The number of unbranched alkanes of at least 4 members (excludes halogenated alkanes) is 1. The Morgan fingerprint density at radius 2 is 1.56 bits per heavy atom. The summed E-state index contributed by atoms with van der Waals surface area (Å²) in [6.07, 6.45) is 2.38. The van der Waals surface area contributed by atoms with Crippen molar-refractivity contribution in [1.29, 1.82) is 0 Å². The van der Waals surface area contributed by atoms with E-state index in [4.69, 9.17) is 10.2 Å². The van der Waals surface area contributed by atoms with Crippen LogP contribution in [0.25, 0.3) is 0 Å². The largest absolute Gasteiger partial charge is 0.481 e. The lowest BCUT2D eigenvalue weighted by Crippen LogP contribution is -2.33. The Hall–Kier alpha value is -1.06. The first kappa shape index (κ1) is 14.9. The fourth-order valence-electron chi connectivity index (χ4n) is 2.07. The molecular weight excluding hydrogens is 208 g/mol. The van der Waals surface area contributed by atoms with E-state index in [1.54, 1.807) is 0 Å². The molecule has 0 amide bonds. The third-order valence-electron chi connectivity index (χ3n) is 3.26. The monoisotopic (exact) mass is 230 g/mol. The average molecular weight is 230 g/mol. The van der Waals surface area contributed by atoms with Gasteiger partial charge >= 0.3 is 11.9 Å². The summed E-state index contributed by atoms with van der Waals surface area (Å²) in [5.41, 5.74) is -0.603.